The number of halogens is 2. The Hall–Kier alpha value is -2.27. The smallest absolute Gasteiger partial charge is 0.251 e. The molecule has 0 aliphatic rings. The van der Waals surface area contributed by atoms with Gasteiger partial charge in [0, 0.05) is 24.2 Å². The van der Waals surface area contributed by atoms with Gasteiger partial charge < -0.3 is 10.2 Å². The molecule has 0 heterocycles. The van der Waals surface area contributed by atoms with Crippen LogP contribution in [0, 0.1) is 11.6 Å². The molecule has 0 radical (unpaired) electrons. The van der Waals surface area contributed by atoms with E-state index in [1.165, 1.54) is 24.3 Å². The van der Waals surface area contributed by atoms with Crippen molar-refractivity contribution in [3.05, 3.63) is 70.8 Å². The Morgan fingerprint density at radius 3 is 2.59 bits per heavy atom. The van der Waals surface area contributed by atoms with Gasteiger partial charge in [-0.15, -0.1) is 0 Å². The molecule has 3 nitrogen and oxygen atoms in total. The second-order valence-corrected chi connectivity index (χ2v) is 5.36. The van der Waals surface area contributed by atoms with E-state index in [4.69, 9.17) is 0 Å². The molecule has 1 N–H and O–H groups in total. The van der Waals surface area contributed by atoms with Crippen molar-refractivity contribution in [2.45, 2.75) is 13.1 Å². The van der Waals surface area contributed by atoms with Crippen LogP contribution in [-0.4, -0.2) is 24.9 Å². The zero-order chi connectivity index (χ0) is 16.1. The number of nitrogens with zero attached hydrogens (tertiary/aromatic N) is 1. The average Bonchev–Trinajstić information content (AvgIpc) is 2.47. The third-order valence-corrected chi connectivity index (χ3v) is 3.14. The zero-order valence-electron chi connectivity index (χ0n) is 12.6. The van der Waals surface area contributed by atoms with Gasteiger partial charge in [0.2, 0.25) is 0 Å². The van der Waals surface area contributed by atoms with Gasteiger partial charge in [0.05, 0.1) is 0 Å². The van der Waals surface area contributed by atoms with Gasteiger partial charge in [-0.2, -0.15) is 0 Å². The molecule has 5 heteroatoms. The number of benzene rings is 2. The Balaban J connectivity index is 2.03. The summed E-state index contributed by atoms with van der Waals surface area (Å²) in [6.45, 7) is 0.744. The maximum atomic E-state index is 13.7. The van der Waals surface area contributed by atoms with Crippen LogP contribution < -0.4 is 5.32 Å². The number of carbonyl (C=O) groups is 1. The number of carbonyl (C=O) groups excluding carboxylic acids is 1. The van der Waals surface area contributed by atoms with Crippen molar-refractivity contribution in [3.8, 4) is 0 Å². The van der Waals surface area contributed by atoms with Crippen LogP contribution in [0.5, 0.6) is 0 Å². The second-order valence-electron chi connectivity index (χ2n) is 5.36. The SMILES string of the molecule is CN(C)Cc1cc(CNC(=O)c2cccc(F)c2)ccc1F. The van der Waals surface area contributed by atoms with Gasteiger partial charge in [-0.25, -0.2) is 8.78 Å². The highest BCUT2D eigenvalue weighted by Crippen LogP contribution is 2.12. The molecule has 0 unspecified atom stereocenters. The molecule has 2 rings (SSSR count). The molecule has 0 aliphatic carbocycles. The molecule has 0 spiro atoms. The monoisotopic (exact) mass is 304 g/mol. The minimum Gasteiger partial charge on any atom is -0.348 e. The summed E-state index contributed by atoms with van der Waals surface area (Å²) in [4.78, 5) is 13.8. The first kappa shape index (κ1) is 16.1. The zero-order valence-corrected chi connectivity index (χ0v) is 12.6. The van der Waals surface area contributed by atoms with Crippen LogP contribution in [0.25, 0.3) is 0 Å². The molecule has 22 heavy (non-hydrogen) atoms. The van der Waals surface area contributed by atoms with Crippen LogP contribution in [0.1, 0.15) is 21.5 Å². The fourth-order valence-corrected chi connectivity index (χ4v) is 2.11. The standard InChI is InChI=1S/C17H18F2N2O/c1-21(2)11-14-8-12(6-7-16(14)19)10-20-17(22)13-4-3-5-15(18)9-13/h3-9H,10-11H2,1-2H3,(H,20,22). The number of amides is 1. The van der Waals surface area contributed by atoms with E-state index in [-0.39, 0.29) is 23.8 Å². The van der Waals surface area contributed by atoms with E-state index in [1.807, 2.05) is 19.0 Å². The summed E-state index contributed by atoms with van der Waals surface area (Å²) in [7, 11) is 3.72. The largest absolute Gasteiger partial charge is 0.348 e. The molecule has 0 atom stereocenters. The van der Waals surface area contributed by atoms with Crippen LogP contribution in [-0.2, 0) is 13.1 Å². The Morgan fingerprint density at radius 1 is 1.14 bits per heavy atom. The van der Waals surface area contributed by atoms with E-state index >= 15 is 0 Å². The van der Waals surface area contributed by atoms with Crippen LogP contribution in [0.2, 0.25) is 0 Å². The van der Waals surface area contributed by atoms with Gasteiger partial charge in [0.25, 0.3) is 5.91 Å². The minimum absolute atomic E-state index is 0.260. The summed E-state index contributed by atoms with van der Waals surface area (Å²) in [5, 5.41) is 2.70. The predicted molar refractivity (Wildman–Crippen MR) is 81.4 cm³/mol. The first-order valence-electron chi connectivity index (χ1n) is 6.91. The van der Waals surface area contributed by atoms with Gasteiger partial charge >= 0.3 is 0 Å². The van der Waals surface area contributed by atoms with Crippen LogP contribution in [0.15, 0.2) is 42.5 Å². The molecule has 2 aromatic carbocycles. The highest BCUT2D eigenvalue weighted by Gasteiger charge is 2.08. The van der Waals surface area contributed by atoms with E-state index < -0.39 is 5.82 Å². The summed E-state index contributed by atoms with van der Waals surface area (Å²) in [6, 6.07) is 10.2. The number of nitrogens with one attached hydrogen (secondary N) is 1. The summed E-state index contributed by atoms with van der Waals surface area (Å²) in [5.74, 6) is -1.09. The molecule has 0 aliphatic heterocycles. The molecule has 0 saturated carbocycles. The quantitative estimate of drug-likeness (QED) is 0.921. The van der Waals surface area contributed by atoms with Crippen molar-refractivity contribution in [1.82, 2.24) is 10.2 Å². The minimum atomic E-state index is -0.456. The fourth-order valence-electron chi connectivity index (χ4n) is 2.11. The Morgan fingerprint density at radius 2 is 1.91 bits per heavy atom. The highest BCUT2D eigenvalue weighted by atomic mass is 19.1. The van der Waals surface area contributed by atoms with Crippen molar-refractivity contribution in [3.63, 3.8) is 0 Å². The first-order chi connectivity index (χ1) is 10.5. The lowest BCUT2D eigenvalue weighted by atomic mass is 10.1. The Labute approximate surface area is 128 Å². The van der Waals surface area contributed by atoms with E-state index in [0.717, 1.165) is 5.56 Å². The Kier molecular flexibility index (Phi) is 5.22. The maximum Gasteiger partial charge on any atom is 0.251 e. The van der Waals surface area contributed by atoms with Crippen molar-refractivity contribution < 1.29 is 13.6 Å². The number of hydrogen-bond donors (Lipinski definition) is 1. The van der Waals surface area contributed by atoms with Gasteiger partial charge in [0.1, 0.15) is 11.6 Å². The molecule has 0 bridgehead atoms. The third kappa shape index (κ3) is 4.36. The third-order valence-electron chi connectivity index (χ3n) is 3.14. The van der Waals surface area contributed by atoms with Crippen molar-refractivity contribution in [1.29, 1.82) is 0 Å². The van der Waals surface area contributed by atoms with Gasteiger partial charge in [0.15, 0.2) is 0 Å². The highest BCUT2D eigenvalue weighted by molar-refractivity contribution is 5.94. The maximum absolute atomic E-state index is 13.7. The summed E-state index contributed by atoms with van der Waals surface area (Å²) in [5.41, 5.74) is 1.63. The molecule has 0 saturated heterocycles. The van der Waals surface area contributed by atoms with Crippen molar-refractivity contribution in [2.75, 3.05) is 14.1 Å². The lowest BCUT2D eigenvalue weighted by Gasteiger charge is -2.12. The molecular weight excluding hydrogens is 286 g/mol. The fraction of sp³-hybridized carbons (Fsp3) is 0.235. The first-order valence-corrected chi connectivity index (χ1v) is 6.91. The van der Waals surface area contributed by atoms with E-state index in [0.29, 0.717) is 12.1 Å². The van der Waals surface area contributed by atoms with E-state index in [1.54, 1.807) is 18.2 Å². The topological polar surface area (TPSA) is 32.3 Å². The van der Waals surface area contributed by atoms with E-state index in [2.05, 4.69) is 5.32 Å². The molecule has 2 aromatic rings. The Bertz CT molecular complexity index is 671. The molecule has 0 fully saturated rings. The summed E-state index contributed by atoms with van der Waals surface area (Å²) < 4.78 is 26.8. The molecule has 1 amide bonds. The molecule has 116 valence electrons. The lowest BCUT2D eigenvalue weighted by molar-refractivity contribution is 0.0950. The van der Waals surface area contributed by atoms with Crippen molar-refractivity contribution >= 4 is 5.91 Å². The number of hydrogen-bond acceptors (Lipinski definition) is 2. The van der Waals surface area contributed by atoms with Crippen LogP contribution in [0.4, 0.5) is 8.78 Å². The molecule has 0 aromatic heterocycles. The number of rotatable bonds is 5. The van der Waals surface area contributed by atoms with Gasteiger partial charge in [-0.1, -0.05) is 12.1 Å². The normalized spacial score (nSPS) is 10.8. The summed E-state index contributed by atoms with van der Waals surface area (Å²) in [6.07, 6.45) is 0. The lowest BCUT2D eigenvalue weighted by Crippen LogP contribution is -2.23. The van der Waals surface area contributed by atoms with Crippen LogP contribution in [0.3, 0.4) is 0 Å². The van der Waals surface area contributed by atoms with Crippen LogP contribution >= 0.6 is 0 Å². The van der Waals surface area contributed by atoms with Gasteiger partial charge in [-0.05, 0) is 50.0 Å². The second kappa shape index (κ2) is 7.13. The average molecular weight is 304 g/mol. The molecular formula is C17H18F2N2O. The van der Waals surface area contributed by atoms with Gasteiger partial charge in [-0.3, -0.25) is 4.79 Å². The van der Waals surface area contributed by atoms with E-state index in [9.17, 15) is 13.6 Å². The predicted octanol–water partition coefficient (Wildman–Crippen LogP) is 2.96. The van der Waals surface area contributed by atoms with Crippen molar-refractivity contribution in [2.24, 2.45) is 0 Å². The summed E-state index contributed by atoms with van der Waals surface area (Å²) >= 11 is 0.